The predicted octanol–water partition coefficient (Wildman–Crippen LogP) is 3.38. The molecule has 0 saturated carbocycles. The van der Waals surface area contributed by atoms with Gasteiger partial charge in [0.2, 0.25) is 0 Å². The van der Waals surface area contributed by atoms with E-state index in [1.807, 2.05) is 13.8 Å². The quantitative estimate of drug-likeness (QED) is 0.944. The average molecular weight is 317 g/mol. The normalized spacial score (nSPS) is 11.9. The number of thiophene rings is 1. The molecule has 2 heterocycles. The molecule has 0 fully saturated rings. The Labute approximate surface area is 123 Å². The molecule has 0 aromatic carbocycles. The van der Waals surface area contributed by atoms with Gasteiger partial charge >= 0.3 is 6.18 Å². The Kier molecular flexibility index (Phi) is 4.08. The number of hydrogen-bond acceptors (Lipinski definition) is 4. The average Bonchev–Trinajstić information content (AvgIpc) is 2.76. The summed E-state index contributed by atoms with van der Waals surface area (Å²) in [5.74, 6) is -0.283. The first kappa shape index (κ1) is 15.6. The largest absolute Gasteiger partial charge is 0.433 e. The van der Waals surface area contributed by atoms with Crippen molar-refractivity contribution in [3.63, 3.8) is 0 Å². The third kappa shape index (κ3) is 2.80. The van der Waals surface area contributed by atoms with E-state index in [1.165, 1.54) is 6.07 Å². The van der Waals surface area contributed by atoms with E-state index in [4.69, 9.17) is 5.73 Å². The van der Waals surface area contributed by atoms with E-state index in [0.29, 0.717) is 18.5 Å². The molecule has 0 aliphatic rings. The SMILES string of the molecule is CCN(CC)C(=O)c1sc2nc(C(F)(F)F)ccc2c1N. The summed E-state index contributed by atoms with van der Waals surface area (Å²) >= 11 is 0.894. The zero-order valence-corrected chi connectivity index (χ0v) is 12.3. The van der Waals surface area contributed by atoms with Crippen LogP contribution in [0.4, 0.5) is 18.9 Å². The molecule has 114 valence electrons. The first-order valence-electron chi connectivity index (χ1n) is 6.35. The highest BCUT2D eigenvalue weighted by atomic mass is 32.1. The lowest BCUT2D eigenvalue weighted by Crippen LogP contribution is -2.30. The van der Waals surface area contributed by atoms with Gasteiger partial charge in [0.1, 0.15) is 15.4 Å². The van der Waals surface area contributed by atoms with E-state index in [1.54, 1.807) is 4.90 Å². The van der Waals surface area contributed by atoms with Gasteiger partial charge in [-0.05, 0) is 26.0 Å². The highest BCUT2D eigenvalue weighted by Gasteiger charge is 2.33. The highest BCUT2D eigenvalue weighted by Crippen LogP contribution is 2.36. The number of anilines is 1. The molecule has 0 atom stereocenters. The van der Waals surface area contributed by atoms with Crippen molar-refractivity contribution in [2.45, 2.75) is 20.0 Å². The molecule has 0 radical (unpaired) electrons. The number of pyridine rings is 1. The van der Waals surface area contributed by atoms with Crippen LogP contribution in [0.15, 0.2) is 12.1 Å². The summed E-state index contributed by atoms with van der Waals surface area (Å²) in [5.41, 5.74) is 5.09. The zero-order chi connectivity index (χ0) is 15.8. The molecule has 8 heteroatoms. The van der Waals surface area contributed by atoms with Crippen LogP contribution in [-0.4, -0.2) is 28.9 Å². The smallest absolute Gasteiger partial charge is 0.397 e. The van der Waals surface area contributed by atoms with E-state index in [0.717, 1.165) is 17.4 Å². The molecule has 0 saturated heterocycles. The summed E-state index contributed by atoms with van der Waals surface area (Å²) in [6.07, 6.45) is -4.52. The summed E-state index contributed by atoms with van der Waals surface area (Å²) in [5, 5.41) is 0.378. The van der Waals surface area contributed by atoms with Crippen molar-refractivity contribution in [3.05, 3.63) is 22.7 Å². The Bertz CT molecular complexity index is 677. The number of carbonyl (C=O) groups is 1. The first-order valence-corrected chi connectivity index (χ1v) is 7.16. The van der Waals surface area contributed by atoms with Crippen molar-refractivity contribution >= 4 is 33.1 Å². The molecule has 0 unspecified atom stereocenters. The fourth-order valence-electron chi connectivity index (χ4n) is 1.97. The molecule has 2 rings (SSSR count). The van der Waals surface area contributed by atoms with Crippen molar-refractivity contribution in [2.75, 3.05) is 18.8 Å². The van der Waals surface area contributed by atoms with E-state index in [-0.39, 0.29) is 21.3 Å². The van der Waals surface area contributed by atoms with Gasteiger partial charge < -0.3 is 10.6 Å². The van der Waals surface area contributed by atoms with Crippen molar-refractivity contribution in [1.29, 1.82) is 0 Å². The molecule has 0 bridgehead atoms. The number of carbonyl (C=O) groups excluding carboxylic acids is 1. The minimum Gasteiger partial charge on any atom is -0.397 e. The minimum atomic E-state index is -4.52. The Morgan fingerprint density at radius 3 is 2.48 bits per heavy atom. The standard InChI is InChI=1S/C13H14F3N3OS/c1-3-19(4-2)12(20)10-9(17)7-5-6-8(13(14,15)16)18-11(7)21-10/h5-6H,3-4,17H2,1-2H3. The van der Waals surface area contributed by atoms with Crippen LogP contribution < -0.4 is 5.73 Å². The van der Waals surface area contributed by atoms with Crippen molar-refractivity contribution in [1.82, 2.24) is 9.88 Å². The van der Waals surface area contributed by atoms with Crippen LogP contribution in [0, 0.1) is 0 Å². The van der Waals surface area contributed by atoms with E-state index < -0.39 is 11.9 Å². The molecule has 4 nitrogen and oxygen atoms in total. The Balaban J connectivity index is 2.53. The Morgan fingerprint density at radius 1 is 1.33 bits per heavy atom. The van der Waals surface area contributed by atoms with Crippen LogP contribution in [0.1, 0.15) is 29.2 Å². The lowest BCUT2D eigenvalue weighted by atomic mass is 10.2. The predicted molar refractivity (Wildman–Crippen MR) is 76.3 cm³/mol. The topological polar surface area (TPSA) is 59.2 Å². The molecule has 2 aromatic rings. The number of alkyl halides is 3. The summed E-state index contributed by atoms with van der Waals surface area (Å²) in [6, 6.07) is 2.13. The summed E-state index contributed by atoms with van der Waals surface area (Å²) in [7, 11) is 0. The second-order valence-electron chi connectivity index (χ2n) is 4.37. The second-order valence-corrected chi connectivity index (χ2v) is 5.37. The Hall–Kier alpha value is -1.83. The Morgan fingerprint density at radius 2 is 1.95 bits per heavy atom. The van der Waals surface area contributed by atoms with Gasteiger partial charge in [-0.3, -0.25) is 4.79 Å². The second kappa shape index (κ2) is 5.51. The number of rotatable bonds is 3. The van der Waals surface area contributed by atoms with Gasteiger partial charge in [0.15, 0.2) is 0 Å². The molecule has 0 spiro atoms. The van der Waals surface area contributed by atoms with Gasteiger partial charge in [-0.2, -0.15) is 13.2 Å². The van der Waals surface area contributed by atoms with Crippen molar-refractivity contribution in [2.24, 2.45) is 0 Å². The van der Waals surface area contributed by atoms with Crippen LogP contribution in [0.3, 0.4) is 0 Å². The number of nitrogen functional groups attached to an aromatic ring is 1. The fraction of sp³-hybridized carbons (Fsp3) is 0.385. The highest BCUT2D eigenvalue weighted by molar-refractivity contribution is 7.21. The van der Waals surface area contributed by atoms with E-state index in [2.05, 4.69) is 4.98 Å². The molecule has 21 heavy (non-hydrogen) atoms. The number of nitrogens with zero attached hydrogens (tertiary/aromatic N) is 2. The molecular weight excluding hydrogens is 303 g/mol. The number of halogens is 3. The van der Waals surface area contributed by atoms with Gasteiger partial charge in [0.05, 0.1) is 5.69 Å². The maximum absolute atomic E-state index is 12.7. The summed E-state index contributed by atoms with van der Waals surface area (Å²) in [6.45, 7) is 4.66. The van der Waals surface area contributed by atoms with Gasteiger partial charge in [-0.25, -0.2) is 4.98 Å². The van der Waals surface area contributed by atoms with Crippen LogP contribution >= 0.6 is 11.3 Å². The fourth-order valence-corrected chi connectivity index (χ4v) is 3.03. The lowest BCUT2D eigenvalue weighted by molar-refractivity contribution is -0.140. The van der Waals surface area contributed by atoms with Gasteiger partial charge in [0.25, 0.3) is 5.91 Å². The van der Waals surface area contributed by atoms with Crippen molar-refractivity contribution in [3.8, 4) is 0 Å². The third-order valence-corrected chi connectivity index (χ3v) is 4.23. The molecule has 0 aliphatic heterocycles. The number of nitrogens with two attached hydrogens (primary N) is 1. The molecule has 0 aliphatic carbocycles. The van der Waals surface area contributed by atoms with Crippen LogP contribution in [0.2, 0.25) is 0 Å². The molecular formula is C13H14F3N3OS. The first-order chi connectivity index (χ1) is 9.79. The van der Waals surface area contributed by atoms with Gasteiger partial charge in [-0.15, -0.1) is 11.3 Å². The number of amides is 1. The van der Waals surface area contributed by atoms with Crippen LogP contribution in [0.5, 0.6) is 0 Å². The maximum atomic E-state index is 12.7. The van der Waals surface area contributed by atoms with Crippen LogP contribution in [-0.2, 0) is 6.18 Å². The van der Waals surface area contributed by atoms with E-state index >= 15 is 0 Å². The van der Waals surface area contributed by atoms with Crippen LogP contribution in [0.25, 0.3) is 10.2 Å². The third-order valence-electron chi connectivity index (χ3n) is 3.13. The van der Waals surface area contributed by atoms with Gasteiger partial charge in [0, 0.05) is 18.5 Å². The molecule has 1 amide bonds. The summed E-state index contributed by atoms with van der Waals surface area (Å²) < 4.78 is 38.0. The van der Waals surface area contributed by atoms with Gasteiger partial charge in [-0.1, -0.05) is 0 Å². The maximum Gasteiger partial charge on any atom is 0.433 e. The minimum absolute atomic E-state index is 0.123. The number of fused-ring (bicyclic) bond motifs is 1. The number of hydrogen-bond donors (Lipinski definition) is 1. The van der Waals surface area contributed by atoms with Crippen molar-refractivity contribution < 1.29 is 18.0 Å². The number of aromatic nitrogens is 1. The lowest BCUT2D eigenvalue weighted by Gasteiger charge is -2.17. The van der Waals surface area contributed by atoms with E-state index in [9.17, 15) is 18.0 Å². The summed E-state index contributed by atoms with van der Waals surface area (Å²) in [4.78, 5) is 17.8. The zero-order valence-electron chi connectivity index (χ0n) is 11.5. The monoisotopic (exact) mass is 317 g/mol. The molecule has 2 aromatic heterocycles. The molecule has 2 N–H and O–H groups in total.